The van der Waals surface area contributed by atoms with E-state index in [1.807, 2.05) is 0 Å². The van der Waals surface area contributed by atoms with Crippen LogP contribution < -0.4 is 11.5 Å². The number of hydrogen-bond acceptors (Lipinski definition) is 2. The fraction of sp³-hybridized carbons (Fsp3) is 0.300. The molecule has 1 atom stereocenters. The molecular formula is C10H8F6N2O. The fourth-order valence-electron chi connectivity index (χ4n) is 1.47. The van der Waals surface area contributed by atoms with Gasteiger partial charge in [-0.1, -0.05) is 0 Å². The molecule has 1 amide bonds. The van der Waals surface area contributed by atoms with Crippen LogP contribution in [0.1, 0.15) is 23.6 Å². The number of carbonyl (C=O) groups excluding carboxylic acids is 1. The van der Waals surface area contributed by atoms with Crippen molar-refractivity contribution in [3.8, 4) is 0 Å². The average Bonchev–Trinajstić information content (AvgIpc) is 2.20. The molecule has 9 heteroatoms. The predicted octanol–water partition coefficient (Wildman–Crippen LogP) is 2.00. The van der Waals surface area contributed by atoms with Crippen LogP contribution in [-0.4, -0.2) is 5.91 Å². The molecule has 0 aromatic heterocycles. The summed E-state index contributed by atoms with van der Waals surface area (Å²) in [5.41, 5.74) is 6.69. The normalized spacial score (nSPS) is 13.4. The Kier molecular flexibility index (Phi) is 4.09. The van der Waals surface area contributed by atoms with E-state index in [1.165, 1.54) is 0 Å². The van der Waals surface area contributed by atoms with Gasteiger partial charge >= 0.3 is 6.18 Å². The summed E-state index contributed by atoms with van der Waals surface area (Å²) in [6.07, 6.45) is -5.99. The van der Waals surface area contributed by atoms with E-state index in [2.05, 4.69) is 0 Å². The zero-order chi connectivity index (χ0) is 15.0. The fourth-order valence-corrected chi connectivity index (χ4v) is 1.47. The molecular weight excluding hydrogens is 278 g/mol. The van der Waals surface area contributed by atoms with Gasteiger partial charge in [0, 0.05) is 18.0 Å². The summed E-state index contributed by atoms with van der Waals surface area (Å²) < 4.78 is 76.8. The van der Waals surface area contributed by atoms with E-state index in [-0.39, 0.29) is 6.07 Å². The zero-order valence-corrected chi connectivity index (χ0v) is 9.19. The van der Waals surface area contributed by atoms with Crippen molar-refractivity contribution in [2.45, 2.75) is 18.6 Å². The molecule has 0 aliphatic carbocycles. The maximum Gasteiger partial charge on any atom is 0.419 e. The van der Waals surface area contributed by atoms with Crippen molar-refractivity contribution in [2.75, 3.05) is 0 Å². The van der Waals surface area contributed by atoms with Crippen LogP contribution in [0.2, 0.25) is 0 Å². The molecule has 19 heavy (non-hydrogen) atoms. The molecule has 3 nitrogen and oxygen atoms in total. The van der Waals surface area contributed by atoms with Crippen LogP contribution in [0, 0.1) is 17.5 Å². The van der Waals surface area contributed by atoms with Crippen molar-refractivity contribution in [3.05, 3.63) is 34.6 Å². The highest BCUT2D eigenvalue weighted by molar-refractivity contribution is 5.74. The number of carbonyl (C=O) groups is 1. The van der Waals surface area contributed by atoms with Gasteiger partial charge in [0.2, 0.25) is 5.91 Å². The number of amides is 1. The number of rotatable bonds is 3. The third-order valence-electron chi connectivity index (χ3n) is 2.29. The summed E-state index contributed by atoms with van der Waals surface area (Å²) in [6.45, 7) is 0. The monoisotopic (exact) mass is 286 g/mol. The summed E-state index contributed by atoms with van der Waals surface area (Å²) >= 11 is 0. The molecule has 1 aromatic rings. The third-order valence-corrected chi connectivity index (χ3v) is 2.29. The smallest absolute Gasteiger partial charge is 0.370 e. The number of primary amides is 1. The number of alkyl halides is 3. The van der Waals surface area contributed by atoms with Crippen LogP contribution in [0.5, 0.6) is 0 Å². The zero-order valence-electron chi connectivity index (χ0n) is 9.19. The molecule has 0 fully saturated rings. The van der Waals surface area contributed by atoms with E-state index in [9.17, 15) is 31.1 Å². The molecule has 0 saturated carbocycles. The third kappa shape index (κ3) is 3.16. The van der Waals surface area contributed by atoms with Crippen LogP contribution in [0.25, 0.3) is 0 Å². The quantitative estimate of drug-likeness (QED) is 0.659. The molecule has 0 saturated heterocycles. The minimum absolute atomic E-state index is 0.214. The Morgan fingerprint density at radius 3 is 2.16 bits per heavy atom. The second-order valence-electron chi connectivity index (χ2n) is 3.72. The number of halogens is 6. The molecule has 1 unspecified atom stereocenters. The Morgan fingerprint density at radius 1 is 1.21 bits per heavy atom. The highest BCUT2D eigenvalue weighted by Crippen LogP contribution is 2.35. The second kappa shape index (κ2) is 5.08. The van der Waals surface area contributed by atoms with E-state index in [4.69, 9.17) is 11.5 Å². The van der Waals surface area contributed by atoms with Gasteiger partial charge in [0.1, 0.15) is 5.82 Å². The lowest BCUT2D eigenvalue weighted by Crippen LogP contribution is -2.24. The number of nitrogens with two attached hydrogens (primary N) is 2. The Morgan fingerprint density at radius 2 is 1.74 bits per heavy atom. The maximum atomic E-state index is 13.4. The SMILES string of the molecule is NC(=O)CC(N)c1c(F)cc(C(F)(F)F)c(F)c1F. The van der Waals surface area contributed by atoms with Gasteiger partial charge in [-0.3, -0.25) is 4.79 Å². The molecule has 1 rings (SSSR count). The summed E-state index contributed by atoms with van der Waals surface area (Å²) in [5.74, 6) is -7.09. The van der Waals surface area contributed by atoms with Crippen LogP contribution in [-0.2, 0) is 11.0 Å². The second-order valence-corrected chi connectivity index (χ2v) is 3.72. The highest BCUT2D eigenvalue weighted by Gasteiger charge is 2.38. The van der Waals surface area contributed by atoms with E-state index in [1.54, 1.807) is 0 Å². The molecule has 4 N–H and O–H groups in total. The maximum absolute atomic E-state index is 13.4. The van der Waals surface area contributed by atoms with Gasteiger partial charge < -0.3 is 11.5 Å². The topological polar surface area (TPSA) is 69.1 Å². The molecule has 106 valence electrons. The molecule has 0 heterocycles. The molecule has 0 spiro atoms. The average molecular weight is 286 g/mol. The van der Waals surface area contributed by atoms with Gasteiger partial charge in [-0.2, -0.15) is 13.2 Å². The Balaban J connectivity index is 3.38. The van der Waals surface area contributed by atoms with Crippen LogP contribution >= 0.6 is 0 Å². The Hall–Kier alpha value is -1.77. The van der Waals surface area contributed by atoms with Crippen molar-refractivity contribution >= 4 is 5.91 Å². The Labute approximate surface area is 103 Å². The van der Waals surface area contributed by atoms with E-state index < -0.39 is 53.1 Å². The van der Waals surface area contributed by atoms with Gasteiger partial charge in [-0.15, -0.1) is 0 Å². The van der Waals surface area contributed by atoms with Crippen molar-refractivity contribution < 1.29 is 31.1 Å². The van der Waals surface area contributed by atoms with Gasteiger partial charge in [0.05, 0.1) is 5.56 Å². The van der Waals surface area contributed by atoms with E-state index in [0.717, 1.165) is 0 Å². The first kappa shape index (κ1) is 15.3. The van der Waals surface area contributed by atoms with Gasteiger partial charge in [-0.25, -0.2) is 13.2 Å². The predicted molar refractivity (Wildman–Crippen MR) is 52.1 cm³/mol. The minimum Gasteiger partial charge on any atom is -0.370 e. The van der Waals surface area contributed by atoms with Gasteiger partial charge in [0.25, 0.3) is 0 Å². The summed E-state index contributed by atoms with van der Waals surface area (Å²) in [6, 6.07) is -1.89. The van der Waals surface area contributed by atoms with Crippen molar-refractivity contribution in [1.82, 2.24) is 0 Å². The Bertz CT molecular complexity index is 514. The van der Waals surface area contributed by atoms with Crippen molar-refractivity contribution in [1.29, 1.82) is 0 Å². The van der Waals surface area contributed by atoms with Crippen LogP contribution in [0.15, 0.2) is 6.07 Å². The van der Waals surface area contributed by atoms with E-state index >= 15 is 0 Å². The standard InChI is InChI=1S/C10H8F6N2O/c11-4-1-3(10(14,15)16)8(12)9(13)7(4)5(17)2-6(18)19/h1,5H,2,17H2,(H2,18,19). The van der Waals surface area contributed by atoms with Crippen molar-refractivity contribution in [2.24, 2.45) is 11.5 Å². The van der Waals surface area contributed by atoms with Gasteiger partial charge in [0.15, 0.2) is 11.6 Å². The molecule has 0 radical (unpaired) electrons. The van der Waals surface area contributed by atoms with Gasteiger partial charge in [-0.05, 0) is 6.07 Å². The lowest BCUT2D eigenvalue weighted by Gasteiger charge is -2.16. The lowest BCUT2D eigenvalue weighted by atomic mass is 10.00. The molecule has 0 aliphatic rings. The summed E-state index contributed by atoms with van der Waals surface area (Å²) in [5, 5.41) is 0. The van der Waals surface area contributed by atoms with Crippen LogP contribution in [0.4, 0.5) is 26.3 Å². The number of hydrogen-bond donors (Lipinski definition) is 2. The summed E-state index contributed by atoms with van der Waals surface area (Å²) in [7, 11) is 0. The summed E-state index contributed by atoms with van der Waals surface area (Å²) in [4.78, 5) is 10.5. The number of benzene rings is 1. The molecule has 0 aliphatic heterocycles. The first-order valence-electron chi connectivity index (χ1n) is 4.84. The largest absolute Gasteiger partial charge is 0.419 e. The van der Waals surface area contributed by atoms with E-state index in [0.29, 0.717) is 0 Å². The first-order chi connectivity index (χ1) is 8.55. The minimum atomic E-state index is -5.25. The highest BCUT2D eigenvalue weighted by atomic mass is 19.4. The first-order valence-corrected chi connectivity index (χ1v) is 4.84. The van der Waals surface area contributed by atoms with Crippen LogP contribution in [0.3, 0.4) is 0 Å². The van der Waals surface area contributed by atoms with Crippen molar-refractivity contribution in [3.63, 3.8) is 0 Å². The molecule has 1 aromatic carbocycles. The lowest BCUT2D eigenvalue weighted by molar-refractivity contribution is -0.140. The molecule has 0 bridgehead atoms.